The second-order valence-electron chi connectivity index (χ2n) is 5.24. The molecule has 1 atom stereocenters. The summed E-state index contributed by atoms with van der Waals surface area (Å²) in [5.41, 5.74) is 2.21. The lowest BCUT2D eigenvalue weighted by Crippen LogP contribution is -2.15. The average Bonchev–Trinajstić information content (AvgIpc) is 2.46. The molecule has 0 radical (unpaired) electrons. The minimum absolute atomic E-state index is 0.0210. The average molecular weight is 367 g/mol. The third-order valence-electron chi connectivity index (χ3n) is 3.65. The number of hydrogen-bond donors (Lipinski definition) is 0. The first-order valence-electron chi connectivity index (χ1n) is 6.68. The Balaban J connectivity index is 1.84. The molecule has 1 unspecified atom stereocenters. The van der Waals surface area contributed by atoms with Crippen molar-refractivity contribution < 1.29 is 13.2 Å². The molecule has 0 saturated carbocycles. The van der Waals surface area contributed by atoms with Gasteiger partial charge in [0.2, 0.25) is 0 Å². The van der Waals surface area contributed by atoms with Crippen LogP contribution in [-0.4, -0.2) is 14.7 Å². The van der Waals surface area contributed by atoms with Gasteiger partial charge in [-0.05, 0) is 54.3 Å². The summed E-state index contributed by atoms with van der Waals surface area (Å²) in [7, 11) is -3.15. The van der Waals surface area contributed by atoms with Crippen LogP contribution in [0, 0.1) is 0 Å². The summed E-state index contributed by atoms with van der Waals surface area (Å²) in [6.45, 7) is 0. The summed E-state index contributed by atoms with van der Waals surface area (Å²) < 4.78 is 30.0. The molecule has 0 amide bonds. The third-order valence-corrected chi connectivity index (χ3v) is 5.27. The second-order valence-corrected chi connectivity index (χ2v) is 8.17. The lowest BCUT2D eigenvalue weighted by atomic mass is 9.97. The van der Waals surface area contributed by atoms with E-state index in [2.05, 4.69) is 22.0 Å². The van der Waals surface area contributed by atoms with Crippen LogP contribution in [0.2, 0.25) is 0 Å². The van der Waals surface area contributed by atoms with E-state index in [1.807, 2.05) is 24.3 Å². The van der Waals surface area contributed by atoms with Crippen molar-refractivity contribution in [3.8, 4) is 5.75 Å². The van der Waals surface area contributed by atoms with Crippen molar-refractivity contribution in [1.29, 1.82) is 0 Å². The summed E-state index contributed by atoms with van der Waals surface area (Å²) >= 11 is 3.46. The Morgan fingerprint density at radius 2 is 1.86 bits per heavy atom. The van der Waals surface area contributed by atoms with Crippen molar-refractivity contribution in [2.45, 2.75) is 23.8 Å². The Bertz CT molecular complexity index is 767. The number of fused-ring (bicyclic) bond motifs is 1. The number of halogens is 1. The molecule has 5 heteroatoms. The largest absolute Gasteiger partial charge is 0.485 e. The molecule has 0 bridgehead atoms. The summed E-state index contributed by atoms with van der Waals surface area (Å²) in [4.78, 5) is 0.339. The van der Waals surface area contributed by atoms with Gasteiger partial charge in [-0.25, -0.2) is 8.42 Å². The molecule has 1 aliphatic rings. The van der Waals surface area contributed by atoms with Crippen LogP contribution in [0.4, 0.5) is 0 Å². The van der Waals surface area contributed by atoms with Gasteiger partial charge < -0.3 is 4.74 Å². The van der Waals surface area contributed by atoms with Crippen molar-refractivity contribution in [3.05, 3.63) is 58.1 Å². The molecular weight excluding hydrogens is 352 g/mol. The molecule has 0 aromatic heterocycles. The number of sulfone groups is 1. The summed E-state index contributed by atoms with van der Waals surface area (Å²) in [5.74, 6) is 0.904. The molecule has 1 heterocycles. The Hall–Kier alpha value is -1.33. The zero-order chi connectivity index (χ0) is 15.0. The van der Waals surface area contributed by atoms with Gasteiger partial charge in [0.05, 0.1) is 4.90 Å². The molecule has 2 aromatic rings. The maximum absolute atomic E-state index is 11.5. The van der Waals surface area contributed by atoms with Crippen LogP contribution in [0.3, 0.4) is 0 Å². The number of rotatable bonds is 2. The maximum Gasteiger partial charge on any atom is 0.175 e. The first kappa shape index (κ1) is 14.6. The normalized spacial score (nSPS) is 17.9. The first-order chi connectivity index (χ1) is 9.93. The monoisotopic (exact) mass is 366 g/mol. The van der Waals surface area contributed by atoms with Crippen LogP contribution in [0.5, 0.6) is 5.75 Å². The number of hydrogen-bond acceptors (Lipinski definition) is 3. The van der Waals surface area contributed by atoms with E-state index in [0.717, 1.165) is 28.6 Å². The predicted molar refractivity (Wildman–Crippen MR) is 85.4 cm³/mol. The van der Waals surface area contributed by atoms with Crippen molar-refractivity contribution in [2.75, 3.05) is 6.26 Å². The van der Waals surface area contributed by atoms with E-state index in [9.17, 15) is 8.42 Å². The smallest absolute Gasteiger partial charge is 0.175 e. The molecule has 3 rings (SSSR count). The summed E-state index contributed by atoms with van der Waals surface area (Å²) in [5, 5.41) is 0. The Morgan fingerprint density at radius 3 is 2.52 bits per heavy atom. The van der Waals surface area contributed by atoms with Gasteiger partial charge in [-0.1, -0.05) is 28.1 Å². The lowest BCUT2D eigenvalue weighted by molar-refractivity contribution is 0.176. The summed E-state index contributed by atoms with van der Waals surface area (Å²) in [6, 6.07) is 13.0. The number of ether oxygens (including phenoxy) is 1. The number of aryl methyl sites for hydroxylation is 1. The van der Waals surface area contributed by atoms with E-state index in [4.69, 9.17) is 4.74 Å². The zero-order valence-corrected chi connectivity index (χ0v) is 13.9. The molecule has 1 aliphatic heterocycles. The highest BCUT2D eigenvalue weighted by atomic mass is 79.9. The topological polar surface area (TPSA) is 43.4 Å². The van der Waals surface area contributed by atoms with E-state index < -0.39 is 9.84 Å². The van der Waals surface area contributed by atoms with Crippen molar-refractivity contribution >= 4 is 25.8 Å². The van der Waals surface area contributed by atoms with Crippen LogP contribution < -0.4 is 4.74 Å². The van der Waals surface area contributed by atoms with Gasteiger partial charge in [-0.3, -0.25) is 0 Å². The fourth-order valence-electron chi connectivity index (χ4n) is 2.52. The van der Waals surface area contributed by atoms with Crippen LogP contribution in [0.15, 0.2) is 51.8 Å². The molecule has 0 saturated heterocycles. The lowest BCUT2D eigenvalue weighted by Gasteiger charge is -2.26. The van der Waals surface area contributed by atoms with Crippen LogP contribution in [0.1, 0.15) is 23.7 Å². The Morgan fingerprint density at radius 1 is 1.14 bits per heavy atom. The maximum atomic E-state index is 11.5. The van der Waals surface area contributed by atoms with Gasteiger partial charge in [0.15, 0.2) is 9.84 Å². The molecule has 0 aliphatic carbocycles. The molecule has 0 fully saturated rings. The van der Waals surface area contributed by atoms with Gasteiger partial charge in [0, 0.05) is 10.7 Å². The molecule has 21 heavy (non-hydrogen) atoms. The van der Waals surface area contributed by atoms with Crippen molar-refractivity contribution in [3.63, 3.8) is 0 Å². The summed E-state index contributed by atoms with van der Waals surface area (Å²) in [6.07, 6.45) is 3.04. The molecule has 3 nitrogen and oxygen atoms in total. The van der Waals surface area contributed by atoms with Gasteiger partial charge in [0.1, 0.15) is 11.9 Å². The Kier molecular flexibility index (Phi) is 3.80. The fourth-order valence-corrected chi connectivity index (χ4v) is 3.56. The number of benzene rings is 2. The predicted octanol–water partition coefficient (Wildman–Crippen LogP) is 3.92. The van der Waals surface area contributed by atoms with E-state index >= 15 is 0 Å². The van der Waals surface area contributed by atoms with E-state index in [0.29, 0.717) is 4.90 Å². The van der Waals surface area contributed by atoms with Crippen LogP contribution in [-0.2, 0) is 16.3 Å². The highest BCUT2D eigenvalue weighted by Crippen LogP contribution is 2.36. The van der Waals surface area contributed by atoms with Crippen LogP contribution >= 0.6 is 15.9 Å². The van der Waals surface area contributed by atoms with E-state index in [1.54, 1.807) is 12.1 Å². The Labute approximate surface area is 133 Å². The third kappa shape index (κ3) is 3.14. The van der Waals surface area contributed by atoms with Gasteiger partial charge in [0.25, 0.3) is 0 Å². The standard InChI is InChI=1S/C16H15BrO3S/c1-21(18,19)14-6-2-11(3-7-14)15-8-4-12-10-13(17)5-9-16(12)20-15/h2-3,5-7,9-10,15H,4,8H2,1H3. The zero-order valence-electron chi connectivity index (χ0n) is 11.5. The van der Waals surface area contributed by atoms with Crippen molar-refractivity contribution in [2.24, 2.45) is 0 Å². The second kappa shape index (κ2) is 5.46. The van der Waals surface area contributed by atoms with Gasteiger partial charge in [-0.2, -0.15) is 0 Å². The van der Waals surface area contributed by atoms with Crippen molar-refractivity contribution in [1.82, 2.24) is 0 Å². The fraction of sp³-hybridized carbons (Fsp3) is 0.250. The molecule has 2 aromatic carbocycles. The minimum Gasteiger partial charge on any atom is -0.485 e. The SMILES string of the molecule is CS(=O)(=O)c1ccc(C2CCc3cc(Br)ccc3O2)cc1. The van der Waals surface area contributed by atoms with E-state index in [-0.39, 0.29) is 6.10 Å². The quantitative estimate of drug-likeness (QED) is 0.808. The molecule has 0 spiro atoms. The molecule has 110 valence electrons. The first-order valence-corrected chi connectivity index (χ1v) is 9.37. The highest BCUT2D eigenvalue weighted by molar-refractivity contribution is 9.10. The minimum atomic E-state index is -3.15. The van der Waals surface area contributed by atoms with Gasteiger partial charge >= 0.3 is 0 Å². The highest BCUT2D eigenvalue weighted by Gasteiger charge is 2.21. The van der Waals surface area contributed by atoms with Gasteiger partial charge in [-0.15, -0.1) is 0 Å². The molecule has 0 N–H and O–H groups in total. The molecular formula is C16H15BrO3S. The van der Waals surface area contributed by atoms with Crippen LogP contribution in [0.25, 0.3) is 0 Å². The van der Waals surface area contributed by atoms with E-state index in [1.165, 1.54) is 11.8 Å².